The number of hydrogen-bond donors (Lipinski definition) is 1. The molecule has 0 fully saturated rings. The fraction of sp³-hybridized carbons (Fsp3) is 0.200. The van der Waals surface area contributed by atoms with Gasteiger partial charge in [0.2, 0.25) is 0 Å². The molecule has 9 nitrogen and oxygen atoms in total. The standard InChI is InChI=1S/C20H18F2N2O7/c1-12-3-6-14(15(9-12)24(27)28)23-18(25)11-30-19(26)8-5-13-4-7-16(31-20(21)22)17(10-13)29-2/h3-10,20H,11H2,1-2H3,(H,23,25)/b8-5+. The van der Waals surface area contributed by atoms with Crippen molar-refractivity contribution in [3.8, 4) is 11.5 Å². The number of alkyl halides is 2. The molecule has 2 aromatic carbocycles. The molecule has 0 saturated carbocycles. The monoisotopic (exact) mass is 436 g/mol. The summed E-state index contributed by atoms with van der Waals surface area (Å²) >= 11 is 0. The van der Waals surface area contributed by atoms with Gasteiger partial charge in [0.05, 0.1) is 12.0 Å². The number of carbonyl (C=O) groups excluding carboxylic acids is 2. The molecule has 0 unspecified atom stereocenters. The Hall–Kier alpha value is -4.02. The molecule has 0 aromatic heterocycles. The van der Waals surface area contributed by atoms with Gasteiger partial charge in [0.25, 0.3) is 11.6 Å². The van der Waals surface area contributed by atoms with Gasteiger partial charge in [-0.25, -0.2) is 4.79 Å². The van der Waals surface area contributed by atoms with Gasteiger partial charge in [-0.1, -0.05) is 12.1 Å². The molecule has 0 spiro atoms. The third kappa shape index (κ3) is 7.07. The van der Waals surface area contributed by atoms with E-state index in [4.69, 9.17) is 9.47 Å². The molecule has 11 heteroatoms. The fourth-order valence-electron chi connectivity index (χ4n) is 2.41. The molecule has 0 aliphatic rings. The number of nitro benzene ring substituents is 1. The van der Waals surface area contributed by atoms with Gasteiger partial charge in [-0.05, 0) is 42.3 Å². The lowest BCUT2D eigenvalue weighted by Gasteiger charge is -2.10. The minimum absolute atomic E-state index is 0.0228. The van der Waals surface area contributed by atoms with Crippen molar-refractivity contribution in [3.63, 3.8) is 0 Å². The molecule has 0 atom stereocenters. The summed E-state index contributed by atoms with van der Waals surface area (Å²) in [5, 5.41) is 13.4. The zero-order chi connectivity index (χ0) is 23.0. The van der Waals surface area contributed by atoms with Crippen molar-refractivity contribution in [3.05, 3.63) is 63.7 Å². The van der Waals surface area contributed by atoms with Crippen molar-refractivity contribution in [2.24, 2.45) is 0 Å². The summed E-state index contributed by atoms with van der Waals surface area (Å²) in [6, 6.07) is 8.29. The average Bonchev–Trinajstić information content (AvgIpc) is 2.72. The Morgan fingerprint density at radius 3 is 2.58 bits per heavy atom. The van der Waals surface area contributed by atoms with Gasteiger partial charge in [-0.3, -0.25) is 14.9 Å². The largest absolute Gasteiger partial charge is 0.493 e. The number of nitro groups is 1. The quantitative estimate of drug-likeness (QED) is 0.276. The molecule has 31 heavy (non-hydrogen) atoms. The number of aryl methyl sites for hydroxylation is 1. The van der Waals surface area contributed by atoms with Gasteiger partial charge in [0, 0.05) is 12.1 Å². The molecule has 0 radical (unpaired) electrons. The third-order valence-corrected chi connectivity index (χ3v) is 3.79. The Bertz CT molecular complexity index is 1010. The molecule has 2 aromatic rings. The van der Waals surface area contributed by atoms with Crippen LogP contribution in [-0.2, 0) is 14.3 Å². The number of nitrogens with zero attached hydrogens (tertiary/aromatic N) is 1. The van der Waals surface area contributed by atoms with Crippen molar-refractivity contribution in [2.45, 2.75) is 13.5 Å². The Labute approximate surface area is 175 Å². The minimum Gasteiger partial charge on any atom is -0.493 e. The summed E-state index contributed by atoms with van der Waals surface area (Å²) in [6.07, 6.45) is 2.34. The highest BCUT2D eigenvalue weighted by molar-refractivity contribution is 5.96. The second-order valence-corrected chi connectivity index (χ2v) is 6.06. The lowest BCUT2D eigenvalue weighted by atomic mass is 10.2. The summed E-state index contributed by atoms with van der Waals surface area (Å²) in [7, 11) is 1.27. The van der Waals surface area contributed by atoms with Crippen molar-refractivity contribution in [2.75, 3.05) is 19.0 Å². The number of nitrogens with one attached hydrogen (secondary N) is 1. The summed E-state index contributed by atoms with van der Waals surface area (Å²) in [4.78, 5) is 34.2. The summed E-state index contributed by atoms with van der Waals surface area (Å²) in [5.41, 5.74) is 0.764. The molecule has 164 valence electrons. The van der Waals surface area contributed by atoms with E-state index in [9.17, 15) is 28.5 Å². The van der Waals surface area contributed by atoms with Crippen LogP contribution in [-0.4, -0.2) is 37.1 Å². The van der Waals surface area contributed by atoms with E-state index in [-0.39, 0.29) is 22.9 Å². The molecular weight excluding hydrogens is 418 g/mol. The molecule has 1 N–H and O–H groups in total. The van der Waals surface area contributed by atoms with Gasteiger partial charge in [0.15, 0.2) is 18.1 Å². The first-order valence-electron chi connectivity index (χ1n) is 8.72. The predicted molar refractivity (Wildman–Crippen MR) is 106 cm³/mol. The van der Waals surface area contributed by atoms with Crippen LogP contribution in [0.5, 0.6) is 11.5 Å². The molecule has 0 saturated heterocycles. The van der Waals surface area contributed by atoms with Crippen molar-refractivity contribution in [1.82, 2.24) is 0 Å². The maximum atomic E-state index is 12.3. The van der Waals surface area contributed by atoms with Crippen molar-refractivity contribution >= 4 is 29.3 Å². The first-order chi connectivity index (χ1) is 14.7. The minimum atomic E-state index is -3.02. The molecule has 0 aliphatic carbocycles. The highest BCUT2D eigenvalue weighted by atomic mass is 19.3. The molecule has 0 bridgehead atoms. The summed E-state index contributed by atoms with van der Waals surface area (Å²) in [6.45, 7) is -2.02. The number of hydrogen-bond acceptors (Lipinski definition) is 7. The van der Waals surface area contributed by atoms with E-state index in [0.717, 1.165) is 6.08 Å². The van der Waals surface area contributed by atoms with E-state index in [2.05, 4.69) is 10.1 Å². The van der Waals surface area contributed by atoms with E-state index in [0.29, 0.717) is 11.1 Å². The van der Waals surface area contributed by atoms with Gasteiger partial charge in [-0.2, -0.15) is 8.78 Å². The van der Waals surface area contributed by atoms with Crippen LogP contribution >= 0.6 is 0 Å². The van der Waals surface area contributed by atoms with Crippen LogP contribution in [0, 0.1) is 17.0 Å². The van der Waals surface area contributed by atoms with Crippen LogP contribution in [0.4, 0.5) is 20.2 Å². The number of amides is 1. The average molecular weight is 436 g/mol. The van der Waals surface area contributed by atoms with Gasteiger partial charge < -0.3 is 19.5 Å². The molecule has 2 rings (SSSR count). The van der Waals surface area contributed by atoms with E-state index >= 15 is 0 Å². The Morgan fingerprint density at radius 1 is 1.19 bits per heavy atom. The first-order valence-corrected chi connectivity index (χ1v) is 8.72. The van der Waals surface area contributed by atoms with Crippen LogP contribution in [0.15, 0.2) is 42.5 Å². The second kappa shape index (κ2) is 10.7. The van der Waals surface area contributed by atoms with Crippen molar-refractivity contribution < 1.29 is 37.5 Å². The van der Waals surface area contributed by atoms with Crippen LogP contribution in [0.1, 0.15) is 11.1 Å². The smallest absolute Gasteiger partial charge is 0.387 e. The van der Waals surface area contributed by atoms with Crippen LogP contribution in [0.2, 0.25) is 0 Å². The fourth-order valence-corrected chi connectivity index (χ4v) is 2.41. The number of halogens is 2. The normalized spacial score (nSPS) is 10.7. The number of benzene rings is 2. The lowest BCUT2D eigenvalue weighted by Crippen LogP contribution is -2.20. The van der Waals surface area contributed by atoms with Crippen LogP contribution < -0.4 is 14.8 Å². The predicted octanol–water partition coefficient (Wildman–Crippen LogP) is 3.71. The van der Waals surface area contributed by atoms with E-state index < -0.39 is 30.0 Å². The zero-order valence-corrected chi connectivity index (χ0v) is 16.5. The molecule has 1 amide bonds. The molecular formula is C20H18F2N2O7. The van der Waals surface area contributed by atoms with Gasteiger partial charge in [0.1, 0.15) is 5.69 Å². The topological polar surface area (TPSA) is 117 Å². The number of methoxy groups -OCH3 is 1. The molecule has 0 heterocycles. The number of esters is 1. The maximum Gasteiger partial charge on any atom is 0.387 e. The maximum absolute atomic E-state index is 12.3. The lowest BCUT2D eigenvalue weighted by molar-refractivity contribution is -0.384. The van der Waals surface area contributed by atoms with Gasteiger partial charge >= 0.3 is 12.6 Å². The highest BCUT2D eigenvalue weighted by Crippen LogP contribution is 2.30. The number of anilines is 1. The Morgan fingerprint density at radius 2 is 1.94 bits per heavy atom. The van der Waals surface area contributed by atoms with E-state index in [1.54, 1.807) is 13.0 Å². The summed E-state index contributed by atoms with van der Waals surface area (Å²) in [5.74, 6) is -1.75. The number of ether oxygens (including phenoxy) is 3. The SMILES string of the molecule is COc1cc(/C=C/C(=O)OCC(=O)Nc2ccc(C)cc2[N+](=O)[O-])ccc1OC(F)F. The van der Waals surface area contributed by atoms with Crippen molar-refractivity contribution in [1.29, 1.82) is 0 Å². The zero-order valence-electron chi connectivity index (χ0n) is 16.5. The van der Waals surface area contributed by atoms with E-state index in [1.165, 1.54) is 43.5 Å². The van der Waals surface area contributed by atoms with Crippen LogP contribution in [0.3, 0.4) is 0 Å². The highest BCUT2D eigenvalue weighted by Gasteiger charge is 2.16. The Kier molecular flexibility index (Phi) is 8.01. The van der Waals surface area contributed by atoms with Gasteiger partial charge in [-0.15, -0.1) is 0 Å². The third-order valence-electron chi connectivity index (χ3n) is 3.79. The number of carbonyl (C=O) groups is 2. The molecule has 0 aliphatic heterocycles. The van der Waals surface area contributed by atoms with E-state index in [1.807, 2.05) is 0 Å². The number of rotatable bonds is 9. The second-order valence-electron chi connectivity index (χ2n) is 6.06. The van der Waals surface area contributed by atoms with Crippen LogP contribution in [0.25, 0.3) is 6.08 Å². The Balaban J connectivity index is 1.94. The summed E-state index contributed by atoms with van der Waals surface area (Å²) < 4.78 is 38.7. The first kappa shape index (κ1) is 23.3.